The number of aliphatic hydroxyl groups excluding tert-OH is 1. The van der Waals surface area contributed by atoms with Crippen molar-refractivity contribution in [3.8, 4) is 6.07 Å². The van der Waals surface area contributed by atoms with Crippen molar-refractivity contribution in [2.75, 3.05) is 24.5 Å². The van der Waals surface area contributed by atoms with Gasteiger partial charge in [0, 0.05) is 31.7 Å². The second kappa shape index (κ2) is 7.67. The SMILES string of the molecule is N#Cc1ccc(C(O)CNC(=O)C2CCN(c3ncnc4[nH]ccc34)CC23CC3)cc1. The first-order valence-corrected chi connectivity index (χ1v) is 10.6. The number of fused-ring (bicyclic) bond motifs is 1. The Morgan fingerprint density at radius 1 is 1.32 bits per heavy atom. The van der Waals surface area contributed by atoms with Gasteiger partial charge in [0.05, 0.1) is 23.1 Å². The van der Waals surface area contributed by atoms with E-state index in [4.69, 9.17) is 5.26 Å². The fourth-order valence-corrected chi connectivity index (χ4v) is 4.75. The summed E-state index contributed by atoms with van der Waals surface area (Å²) < 4.78 is 0. The highest BCUT2D eigenvalue weighted by Crippen LogP contribution is 2.56. The van der Waals surface area contributed by atoms with Crippen LogP contribution in [0.5, 0.6) is 0 Å². The van der Waals surface area contributed by atoms with Gasteiger partial charge in [0.15, 0.2) is 0 Å². The molecule has 3 aromatic rings. The molecule has 1 spiro atoms. The monoisotopic (exact) mass is 416 g/mol. The van der Waals surface area contributed by atoms with E-state index in [1.54, 1.807) is 30.6 Å². The van der Waals surface area contributed by atoms with Gasteiger partial charge in [-0.15, -0.1) is 0 Å². The van der Waals surface area contributed by atoms with E-state index in [9.17, 15) is 9.90 Å². The molecule has 1 aliphatic heterocycles. The Balaban J connectivity index is 1.23. The number of nitriles is 1. The van der Waals surface area contributed by atoms with Crippen molar-refractivity contribution in [3.05, 3.63) is 54.0 Å². The molecule has 31 heavy (non-hydrogen) atoms. The minimum Gasteiger partial charge on any atom is -0.387 e. The van der Waals surface area contributed by atoms with Crippen LogP contribution in [-0.4, -0.2) is 45.6 Å². The Morgan fingerprint density at radius 2 is 2.13 bits per heavy atom. The Kier molecular flexibility index (Phi) is 4.83. The van der Waals surface area contributed by atoms with Gasteiger partial charge in [-0.3, -0.25) is 4.79 Å². The molecule has 0 radical (unpaired) electrons. The number of carbonyl (C=O) groups excluding carboxylic acids is 1. The first kappa shape index (κ1) is 19.5. The second-order valence-corrected chi connectivity index (χ2v) is 8.56. The normalized spacial score (nSPS) is 20.4. The maximum Gasteiger partial charge on any atom is 0.223 e. The third-order valence-corrected chi connectivity index (χ3v) is 6.67. The van der Waals surface area contributed by atoms with Crippen LogP contribution in [0.2, 0.25) is 0 Å². The molecule has 2 unspecified atom stereocenters. The maximum atomic E-state index is 13.0. The number of carbonyl (C=O) groups is 1. The summed E-state index contributed by atoms with van der Waals surface area (Å²) in [6.45, 7) is 1.73. The van der Waals surface area contributed by atoms with Gasteiger partial charge >= 0.3 is 0 Å². The molecule has 3 heterocycles. The standard InChI is InChI=1S/C23H24N6O2/c24-11-15-1-3-16(4-2-15)19(30)12-26-22(31)18-6-10-29(13-23(18)7-8-23)21-17-5-9-25-20(17)27-14-28-21/h1-5,9,14,18-19,30H,6-8,10,12-13H2,(H,26,31)(H,25,27,28). The van der Waals surface area contributed by atoms with Gasteiger partial charge < -0.3 is 20.3 Å². The van der Waals surface area contributed by atoms with Crippen LogP contribution in [0.1, 0.15) is 36.5 Å². The molecule has 158 valence electrons. The number of rotatable bonds is 5. The highest BCUT2D eigenvalue weighted by Gasteiger charge is 2.55. The molecule has 1 saturated heterocycles. The highest BCUT2D eigenvalue weighted by molar-refractivity contribution is 5.87. The largest absolute Gasteiger partial charge is 0.387 e. The quantitative estimate of drug-likeness (QED) is 0.587. The van der Waals surface area contributed by atoms with Gasteiger partial charge in [0.2, 0.25) is 5.91 Å². The number of H-pyrrole nitrogens is 1. The number of hydrogen-bond donors (Lipinski definition) is 3. The van der Waals surface area contributed by atoms with E-state index in [-0.39, 0.29) is 23.8 Å². The summed E-state index contributed by atoms with van der Waals surface area (Å²) >= 11 is 0. The van der Waals surface area contributed by atoms with Crippen LogP contribution in [-0.2, 0) is 4.79 Å². The summed E-state index contributed by atoms with van der Waals surface area (Å²) in [4.78, 5) is 27.2. The van der Waals surface area contributed by atoms with Gasteiger partial charge in [-0.25, -0.2) is 9.97 Å². The smallest absolute Gasteiger partial charge is 0.223 e. The molecule has 0 bridgehead atoms. The third-order valence-electron chi connectivity index (χ3n) is 6.67. The van der Waals surface area contributed by atoms with Crippen LogP contribution in [0.25, 0.3) is 11.0 Å². The molecule has 8 nitrogen and oxygen atoms in total. The predicted octanol–water partition coefficient (Wildman–Crippen LogP) is 2.29. The molecule has 2 atom stereocenters. The maximum absolute atomic E-state index is 13.0. The number of aromatic nitrogens is 3. The van der Waals surface area contributed by atoms with Crippen molar-refractivity contribution in [3.63, 3.8) is 0 Å². The Bertz CT molecular complexity index is 1140. The third kappa shape index (κ3) is 3.62. The van der Waals surface area contributed by atoms with Gasteiger partial charge in [-0.1, -0.05) is 12.1 Å². The van der Waals surface area contributed by atoms with E-state index >= 15 is 0 Å². The van der Waals surface area contributed by atoms with Gasteiger partial charge in [0.25, 0.3) is 0 Å². The van der Waals surface area contributed by atoms with E-state index in [0.717, 1.165) is 49.2 Å². The summed E-state index contributed by atoms with van der Waals surface area (Å²) in [5, 5.41) is 23.3. The first-order valence-electron chi connectivity index (χ1n) is 10.6. The zero-order valence-electron chi connectivity index (χ0n) is 17.1. The fraction of sp³-hybridized carbons (Fsp3) is 0.391. The molecule has 8 heteroatoms. The molecule has 2 aliphatic rings. The van der Waals surface area contributed by atoms with Crippen molar-refractivity contribution in [1.82, 2.24) is 20.3 Å². The van der Waals surface area contributed by atoms with Crippen molar-refractivity contribution in [1.29, 1.82) is 5.26 Å². The molecule has 3 N–H and O–H groups in total. The number of aliphatic hydroxyl groups is 1. The minimum atomic E-state index is -0.796. The zero-order valence-corrected chi connectivity index (χ0v) is 17.1. The molecule has 1 aromatic carbocycles. The Hall–Kier alpha value is -3.44. The zero-order chi connectivity index (χ0) is 21.4. The first-order chi connectivity index (χ1) is 15.1. The molecule has 2 aromatic heterocycles. The summed E-state index contributed by atoms with van der Waals surface area (Å²) in [6.07, 6.45) is 5.47. The van der Waals surface area contributed by atoms with Crippen LogP contribution in [0.15, 0.2) is 42.9 Å². The van der Waals surface area contributed by atoms with Gasteiger partial charge in [0.1, 0.15) is 17.8 Å². The molecule has 5 rings (SSSR count). The van der Waals surface area contributed by atoms with Crippen LogP contribution in [0.3, 0.4) is 0 Å². The summed E-state index contributed by atoms with van der Waals surface area (Å²) in [6, 6.07) is 10.8. The summed E-state index contributed by atoms with van der Waals surface area (Å²) in [7, 11) is 0. The highest BCUT2D eigenvalue weighted by atomic mass is 16.3. The van der Waals surface area contributed by atoms with Crippen LogP contribution in [0, 0.1) is 22.7 Å². The van der Waals surface area contributed by atoms with Gasteiger partial charge in [-0.2, -0.15) is 5.26 Å². The average molecular weight is 416 g/mol. The number of aromatic amines is 1. The number of anilines is 1. The van der Waals surface area contributed by atoms with E-state index < -0.39 is 6.10 Å². The molecule has 1 aliphatic carbocycles. The lowest BCUT2D eigenvalue weighted by Crippen LogP contribution is -2.48. The van der Waals surface area contributed by atoms with Crippen LogP contribution in [0.4, 0.5) is 5.82 Å². The predicted molar refractivity (Wildman–Crippen MR) is 115 cm³/mol. The fourth-order valence-electron chi connectivity index (χ4n) is 4.75. The van der Waals surface area contributed by atoms with Crippen molar-refractivity contribution < 1.29 is 9.90 Å². The molecular formula is C23H24N6O2. The lowest BCUT2D eigenvalue weighted by molar-refractivity contribution is -0.128. The van der Waals surface area contributed by atoms with E-state index in [1.165, 1.54) is 0 Å². The van der Waals surface area contributed by atoms with E-state index in [0.29, 0.717) is 11.1 Å². The topological polar surface area (TPSA) is 118 Å². The van der Waals surface area contributed by atoms with E-state index in [1.807, 2.05) is 12.3 Å². The van der Waals surface area contributed by atoms with Crippen molar-refractivity contribution in [2.24, 2.45) is 11.3 Å². The number of amides is 1. The molecule has 1 amide bonds. The number of benzene rings is 1. The number of piperidine rings is 1. The lowest BCUT2D eigenvalue weighted by atomic mass is 9.81. The number of nitrogens with one attached hydrogen (secondary N) is 2. The van der Waals surface area contributed by atoms with E-state index in [2.05, 4.69) is 31.2 Å². The lowest BCUT2D eigenvalue weighted by Gasteiger charge is -2.39. The molecule has 2 fully saturated rings. The average Bonchev–Trinajstić information content (AvgIpc) is 3.38. The van der Waals surface area contributed by atoms with Crippen molar-refractivity contribution >= 4 is 22.8 Å². The Labute approximate surface area is 179 Å². The molecular weight excluding hydrogens is 392 g/mol. The number of nitrogens with zero attached hydrogens (tertiary/aromatic N) is 4. The molecule has 1 saturated carbocycles. The van der Waals surface area contributed by atoms with Crippen LogP contribution < -0.4 is 10.2 Å². The summed E-state index contributed by atoms with van der Waals surface area (Å²) in [5.74, 6) is 0.882. The second-order valence-electron chi connectivity index (χ2n) is 8.56. The summed E-state index contributed by atoms with van der Waals surface area (Å²) in [5.41, 5.74) is 2.04. The van der Waals surface area contributed by atoms with Gasteiger partial charge in [-0.05, 0) is 48.4 Å². The van der Waals surface area contributed by atoms with Crippen LogP contribution >= 0.6 is 0 Å². The minimum absolute atomic E-state index is 0.0133. The number of hydrogen-bond acceptors (Lipinski definition) is 6. The van der Waals surface area contributed by atoms with Crippen molar-refractivity contribution in [2.45, 2.75) is 25.4 Å². The Morgan fingerprint density at radius 3 is 2.87 bits per heavy atom.